The fraction of sp³-hybridized carbons (Fsp3) is 0.167. The van der Waals surface area contributed by atoms with Crippen LogP contribution in [0.3, 0.4) is 0 Å². The molecule has 1 aromatic carbocycles. The lowest BCUT2D eigenvalue weighted by Gasteiger charge is -2.06. The Balaban J connectivity index is 1.34. The Bertz CT molecular complexity index is 1090. The number of aromatic nitrogens is 3. The van der Waals surface area contributed by atoms with E-state index < -0.39 is 5.76 Å². The van der Waals surface area contributed by atoms with Crippen LogP contribution in [-0.4, -0.2) is 26.8 Å². The fourth-order valence-electron chi connectivity index (χ4n) is 2.72. The van der Waals surface area contributed by atoms with Crippen molar-refractivity contribution in [1.82, 2.24) is 19.7 Å². The zero-order chi connectivity index (χ0) is 17.9. The van der Waals surface area contributed by atoms with Gasteiger partial charge in [0, 0.05) is 23.7 Å². The number of fused-ring (bicyclic) bond motifs is 1. The van der Waals surface area contributed by atoms with Crippen molar-refractivity contribution in [2.75, 3.05) is 6.54 Å². The summed E-state index contributed by atoms with van der Waals surface area (Å²) < 4.78 is 8.24. The Hall–Kier alpha value is -3.13. The van der Waals surface area contributed by atoms with Crippen molar-refractivity contribution >= 4 is 28.3 Å². The van der Waals surface area contributed by atoms with Gasteiger partial charge >= 0.3 is 5.76 Å². The lowest BCUT2D eigenvalue weighted by Crippen LogP contribution is -2.32. The highest BCUT2D eigenvalue weighted by atomic mass is 32.1. The summed E-state index contributed by atoms with van der Waals surface area (Å²) in [4.78, 5) is 24.0. The Labute approximate surface area is 152 Å². The van der Waals surface area contributed by atoms with E-state index in [2.05, 4.69) is 10.4 Å². The molecule has 0 aliphatic heterocycles. The SMILES string of the molecule is O=C(Cn1c(=O)oc2ccccc21)NCCn1ccc(-c2ccsc2)n1. The number of hydrogen-bond acceptors (Lipinski definition) is 5. The average Bonchev–Trinajstić information content (AvgIpc) is 3.36. The summed E-state index contributed by atoms with van der Waals surface area (Å²) in [7, 11) is 0. The Morgan fingerprint density at radius 3 is 2.96 bits per heavy atom. The molecule has 0 aliphatic rings. The van der Waals surface area contributed by atoms with Gasteiger partial charge in [-0.2, -0.15) is 16.4 Å². The van der Waals surface area contributed by atoms with Crippen molar-refractivity contribution in [2.45, 2.75) is 13.1 Å². The van der Waals surface area contributed by atoms with Crippen LogP contribution >= 0.6 is 11.3 Å². The van der Waals surface area contributed by atoms with Crippen LogP contribution in [0.15, 0.2) is 62.6 Å². The summed E-state index contributed by atoms with van der Waals surface area (Å²) in [5, 5.41) is 11.3. The molecule has 1 N–H and O–H groups in total. The number of rotatable bonds is 6. The molecule has 0 fully saturated rings. The second-order valence-electron chi connectivity index (χ2n) is 5.75. The van der Waals surface area contributed by atoms with Crippen LogP contribution in [0.2, 0.25) is 0 Å². The maximum atomic E-state index is 12.1. The molecular weight excluding hydrogens is 352 g/mol. The number of para-hydroxylation sites is 2. The van der Waals surface area contributed by atoms with Crippen LogP contribution in [0.4, 0.5) is 0 Å². The quantitative estimate of drug-likeness (QED) is 0.566. The standard InChI is InChI=1S/C18H16N4O3S/c23-17(11-22-15-3-1-2-4-16(15)25-18(22)24)19-7-9-21-8-5-14(20-21)13-6-10-26-12-13/h1-6,8,10,12H,7,9,11H2,(H,19,23). The molecule has 4 rings (SSSR count). The van der Waals surface area contributed by atoms with Crippen molar-refractivity contribution in [3.8, 4) is 11.3 Å². The van der Waals surface area contributed by atoms with E-state index in [1.54, 1.807) is 40.3 Å². The number of nitrogens with zero attached hydrogens (tertiary/aromatic N) is 3. The Kier molecular flexibility index (Phi) is 4.40. The molecule has 3 aromatic heterocycles. The van der Waals surface area contributed by atoms with Crippen LogP contribution in [0.5, 0.6) is 0 Å². The molecule has 0 aliphatic carbocycles. The van der Waals surface area contributed by atoms with E-state index in [1.807, 2.05) is 29.1 Å². The first-order chi connectivity index (χ1) is 12.7. The van der Waals surface area contributed by atoms with Gasteiger partial charge in [-0.25, -0.2) is 4.79 Å². The number of benzene rings is 1. The first-order valence-corrected chi connectivity index (χ1v) is 9.06. The molecule has 0 saturated heterocycles. The third-order valence-corrected chi connectivity index (χ3v) is 4.68. The van der Waals surface area contributed by atoms with Crippen LogP contribution in [0.1, 0.15) is 0 Å². The molecule has 4 aromatic rings. The summed E-state index contributed by atoms with van der Waals surface area (Å²) in [5.41, 5.74) is 3.08. The van der Waals surface area contributed by atoms with Gasteiger partial charge in [-0.05, 0) is 29.6 Å². The van der Waals surface area contributed by atoms with E-state index >= 15 is 0 Å². The van der Waals surface area contributed by atoms with E-state index in [-0.39, 0.29) is 12.5 Å². The number of carbonyl (C=O) groups is 1. The van der Waals surface area contributed by atoms with E-state index in [0.29, 0.717) is 24.2 Å². The summed E-state index contributed by atoms with van der Waals surface area (Å²) in [6, 6.07) is 11.0. The largest absolute Gasteiger partial charge is 0.420 e. The zero-order valence-electron chi connectivity index (χ0n) is 13.8. The van der Waals surface area contributed by atoms with Gasteiger partial charge in [-0.3, -0.25) is 14.0 Å². The van der Waals surface area contributed by atoms with E-state index in [1.165, 1.54) is 4.57 Å². The molecule has 0 saturated carbocycles. The third-order valence-electron chi connectivity index (χ3n) is 4.00. The van der Waals surface area contributed by atoms with Gasteiger partial charge in [0.15, 0.2) is 5.58 Å². The van der Waals surface area contributed by atoms with Gasteiger partial charge in [0.05, 0.1) is 17.8 Å². The summed E-state index contributed by atoms with van der Waals surface area (Å²) in [5.74, 6) is -0.780. The predicted molar refractivity (Wildman–Crippen MR) is 99.0 cm³/mol. The minimum atomic E-state index is -0.533. The highest BCUT2D eigenvalue weighted by Crippen LogP contribution is 2.19. The van der Waals surface area contributed by atoms with Crippen molar-refractivity contribution in [3.05, 3.63) is 63.9 Å². The Morgan fingerprint density at radius 1 is 1.23 bits per heavy atom. The number of oxazole rings is 1. The normalized spacial score (nSPS) is 11.1. The first kappa shape index (κ1) is 16.3. The molecular formula is C18H16N4O3S. The molecule has 1 amide bonds. The minimum absolute atomic E-state index is 0.0743. The number of amides is 1. The number of carbonyl (C=O) groups excluding carboxylic acids is 1. The average molecular weight is 368 g/mol. The molecule has 132 valence electrons. The lowest BCUT2D eigenvalue weighted by molar-refractivity contribution is -0.121. The second-order valence-corrected chi connectivity index (χ2v) is 6.53. The maximum Gasteiger partial charge on any atom is 0.420 e. The van der Waals surface area contributed by atoms with Gasteiger partial charge in [-0.1, -0.05) is 12.1 Å². The molecule has 3 heterocycles. The summed E-state index contributed by atoms with van der Waals surface area (Å²) in [6.07, 6.45) is 1.88. The van der Waals surface area contributed by atoms with Crippen molar-refractivity contribution in [1.29, 1.82) is 0 Å². The number of thiophene rings is 1. The fourth-order valence-corrected chi connectivity index (χ4v) is 3.37. The Morgan fingerprint density at radius 2 is 2.12 bits per heavy atom. The van der Waals surface area contributed by atoms with E-state index in [4.69, 9.17) is 4.42 Å². The third kappa shape index (κ3) is 3.31. The highest BCUT2D eigenvalue weighted by molar-refractivity contribution is 7.08. The van der Waals surface area contributed by atoms with Gasteiger partial charge in [0.2, 0.25) is 5.91 Å². The first-order valence-electron chi connectivity index (χ1n) is 8.12. The molecule has 7 nitrogen and oxygen atoms in total. The smallest absolute Gasteiger partial charge is 0.408 e. The topological polar surface area (TPSA) is 82.1 Å². The molecule has 0 spiro atoms. The lowest BCUT2D eigenvalue weighted by atomic mass is 10.2. The van der Waals surface area contributed by atoms with Gasteiger partial charge in [0.25, 0.3) is 0 Å². The number of nitrogens with one attached hydrogen (secondary N) is 1. The maximum absolute atomic E-state index is 12.1. The van der Waals surface area contributed by atoms with Crippen LogP contribution in [-0.2, 0) is 17.9 Å². The van der Waals surface area contributed by atoms with Crippen molar-refractivity contribution < 1.29 is 9.21 Å². The van der Waals surface area contributed by atoms with Crippen LogP contribution in [0.25, 0.3) is 22.4 Å². The molecule has 26 heavy (non-hydrogen) atoms. The molecule has 0 radical (unpaired) electrons. The van der Waals surface area contributed by atoms with Gasteiger partial charge in [-0.15, -0.1) is 0 Å². The van der Waals surface area contributed by atoms with Gasteiger partial charge in [0.1, 0.15) is 6.54 Å². The molecule has 0 atom stereocenters. The van der Waals surface area contributed by atoms with Gasteiger partial charge < -0.3 is 9.73 Å². The monoisotopic (exact) mass is 368 g/mol. The van der Waals surface area contributed by atoms with Crippen LogP contribution < -0.4 is 11.1 Å². The second kappa shape index (κ2) is 7.01. The summed E-state index contributed by atoms with van der Waals surface area (Å²) >= 11 is 1.63. The number of hydrogen-bond donors (Lipinski definition) is 1. The highest BCUT2D eigenvalue weighted by Gasteiger charge is 2.12. The summed E-state index contributed by atoms with van der Waals surface area (Å²) in [6.45, 7) is 0.903. The zero-order valence-corrected chi connectivity index (χ0v) is 14.6. The van der Waals surface area contributed by atoms with Crippen LogP contribution in [0, 0.1) is 0 Å². The van der Waals surface area contributed by atoms with E-state index in [9.17, 15) is 9.59 Å². The molecule has 0 bridgehead atoms. The van der Waals surface area contributed by atoms with E-state index in [0.717, 1.165) is 11.3 Å². The predicted octanol–water partition coefficient (Wildman–Crippen LogP) is 2.34. The molecule has 8 heteroatoms. The molecule has 0 unspecified atom stereocenters. The van der Waals surface area contributed by atoms with Crippen molar-refractivity contribution in [2.24, 2.45) is 0 Å². The van der Waals surface area contributed by atoms with Crippen molar-refractivity contribution in [3.63, 3.8) is 0 Å². The minimum Gasteiger partial charge on any atom is -0.408 e.